The van der Waals surface area contributed by atoms with Crippen molar-refractivity contribution in [3.63, 3.8) is 0 Å². The lowest BCUT2D eigenvalue weighted by molar-refractivity contribution is -0.116. The highest BCUT2D eigenvalue weighted by atomic mass is 35.5. The summed E-state index contributed by atoms with van der Waals surface area (Å²) in [6.07, 6.45) is 2.80. The molecule has 0 radical (unpaired) electrons. The molecule has 0 bridgehead atoms. The minimum Gasteiger partial charge on any atom is -0.492 e. The number of nitrogens with one attached hydrogen (secondary N) is 1. The van der Waals surface area contributed by atoms with Crippen molar-refractivity contribution in [1.29, 1.82) is 0 Å². The van der Waals surface area contributed by atoms with Gasteiger partial charge in [-0.1, -0.05) is 23.7 Å². The highest BCUT2D eigenvalue weighted by molar-refractivity contribution is 7.14. The zero-order valence-corrected chi connectivity index (χ0v) is 18.3. The quantitative estimate of drug-likeness (QED) is 0.462. The van der Waals surface area contributed by atoms with Crippen LogP contribution in [0.5, 0.6) is 5.75 Å². The number of hydrogen-bond acceptors (Lipinski definition) is 5. The lowest BCUT2D eigenvalue weighted by Crippen LogP contribution is -2.23. The number of para-hydroxylation sites is 1. The third kappa shape index (κ3) is 5.68. The number of aromatic nitrogens is 1. The summed E-state index contributed by atoms with van der Waals surface area (Å²) in [4.78, 5) is 30.0. The molecule has 1 heterocycles. The number of anilines is 3. The van der Waals surface area contributed by atoms with Crippen molar-refractivity contribution >= 4 is 57.3 Å². The van der Waals surface area contributed by atoms with Crippen LogP contribution >= 0.6 is 22.9 Å². The summed E-state index contributed by atoms with van der Waals surface area (Å²) in [5, 5.41) is 5.14. The molecule has 1 N–H and O–H groups in total. The first kappa shape index (κ1) is 22.5. The highest BCUT2D eigenvalue weighted by Gasteiger charge is 2.20. The molecule has 0 fully saturated rings. The van der Waals surface area contributed by atoms with Gasteiger partial charge in [-0.2, -0.15) is 0 Å². The van der Waals surface area contributed by atoms with Crippen molar-refractivity contribution < 1.29 is 18.7 Å². The average Bonchev–Trinajstić information content (AvgIpc) is 3.18. The summed E-state index contributed by atoms with van der Waals surface area (Å²) >= 11 is 7.16. The van der Waals surface area contributed by atoms with Gasteiger partial charge >= 0.3 is 0 Å². The van der Waals surface area contributed by atoms with Crippen LogP contribution in [0.4, 0.5) is 20.9 Å². The van der Waals surface area contributed by atoms with Crippen molar-refractivity contribution in [2.45, 2.75) is 13.8 Å². The molecule has 0 aliphatic rings. The summed E-state index contributed by atoms with van der Waals surface area (Å²) in [6, 6.07) is 10.9. The van der Waals surface area contributed by atoms with Gasteiger partial charge in [0.15, 0.2) is 5.13 Å². The maximum atomic E-state index is 14.2. The fourth-order valence-corrected chi connectivity index (χ4v) is 3.73. The van der Waals surface area contributed by atoms with Crippen LogP contribution in [0, 0.1) is 5.82 Å². The molecular weight excluding hydrogens is 441 g/mol. The number of carbonyl (C=O) groups is 2. The predicted octanol–water partition coefficient (Wildman–Crippen LogP) is 5.67. The molecule has 3 rings (SSSR count). The van der Waals surface area contributed by atoms with Crippen molar-refractivity contribution in [3.05, 3.63) is 70.5 Å². The molecule has 0 aliphatic carbocycles. The summed E-state index contributed by atoms with van der Waals surface area (Å²) in [6.45, 7) is 3.61. The van der Waals surface area contributed by atoms with Crippen LogP contribution in [0.1, 0.15) is 19.5 Å². The highest BCUT2D eigenvalue weighted by Crippen LogP contribution is 2.31. The van der Waals surface area contributed by atoms with E-state index in [2.05, 4.69) is 10.3 Å². The first-order valence-electron chi connectivity index (χ1n) is 9.31. The molecule has 0 atom stereocenters. The second-order valence-electron chi connectivity index (χ2n) is 6.26. The smallest absolute Gasteiger partial charge is 0.248 e. The SMILES string of the molecule is CCOc1ccc(Cl)cc1NC(=O)C=Cc1csc(N(C(C)=O)c2ccccc2F)n1. The maximum absolute atomic E-state index is 14.2. The van der Waals surface area contributed by atoms with Crippen LogP contribution in [0.3, 0.4) is 0 Å². The summed E-state index contributed by atoms with van der Waals surface area (Å²) < 4.78 is 19.6. The lowest BCUT2D eigenvalue weighted by atomic mass is 10.3. The Balaban J connectivity index is 1.76. The van der Waals surface area contributed by atoms with Crippen molar-refractivity contribution in [3.8, 4) is 5.75 Å². The molecule has 2 amide bonds. The fraction of sp³-hybridized carbons (Fsp3) is 0.136. The van der Waals surface area contributed by atoms with E-state index in [4.69, 9.17) is 16.3 Å². The first-order chi connectivity index (χ1) is 14.9. The van der Waals surface area contributed by atoms with Gasteiger partial charge in [0.25, 0.3) is 0 Å². The monoisotopic (exact) mass is 459 g/mol. The van der Waals surface area contributed by atoms with Gasteiger partial charge in [-0.15, -0.1) is 11.3 Å². The zero-order valence-electron chi connectivity index (χ0n) is 16.8. The molecule has 1 aromatic heterocycles. The fourth-order valence-electron chi connectivity index (χ4n) is 2.71. The number of rotatable bonds is 7. The molecule has 31 heavy (non-hydrogen) atoms. The number of thiazole rings is 1. The van der Waals surface area contributed by atoms with Crippen LogP contribution in [-0.2, 0) is 9.59 Å². The molecule has 0 saturated carbocycles. The number of amides is 2. The number of halogens is 2. The maximum Gasteiger partial charge on any atom is 0.248 e. The number of benzene rings is 2. The van der Waals surface area contributed by atoms with Crippen molar-refractivity contribution in [2.24, 2.45) is 0 Å². The van der Waals surface area contributed by atoms with E-state index < -0.39 is 11.7 Å². The number of ether oxygens (including phenoxy) is 1. The van der Waals surface area contributed by atoms with Crippen LogP contribution in [0.15, 0.2) is 53.9 Å². The Morgan fingerprint density at radius 3 is 2.77 bits per heavy atom. The second-order valence-corrected chi connectivity index (χ2v) is 7.53. The normalized spacial score (nSPS) is 10.8. The topological polar surface area (TPSA) is 71.5 Å². The molecule has 3 aromatic rings. The Hall–Kier alpha value is -3.23. The van der Waals surface area contributed by atoms with E-state index >= 15 is 0 Å². The first-order valence-corrected chi connectivity index (χ1v) is 10.6. The molecule has 6 nitrogen and oxygen atoms in total. The summed E-state index contributed by atoms with van der Waals surface area (Å²) in [5.74, 6) is -0.810. The van der Waals surface area contributed by atoms with Gasteiger partial charge in [-0.3, -0.25) is 14.5 Å². The van der Waals surface area contributed by atoms with Crippen LogP contribution in [0.25, 0.3) is 6.08 Å². The Kier molecular flexibility index (Phi) is 7.38. The van der Waals surface area contributed by atoms with Crippen LogP contribution < -0.4 is 15.0 Å². The van der Waals surface area contributed by atoms with E-state index in [1.165, 1.54) is 36.1 Å². The number of carbonyl (C=O) groups excluding carboxylic acids is 2. The van der Waals surface area contributed by atoms with E-state index in [0.29, 0.717) is 33.9 Å². The van der Waals surface area contributed by atoms with E-state index in [-0.39, 0.29) is 11.6 Å². The van der Waals surface area contributed by atoms with Gasteiger partial charge in [-0.25, -0.2) is 9.37 Å². The van der Waals surface area contributed by atoms with Crippen LogP contribution in [0.2, 0.25) is 5.02 Å². The van der Waals surface area contributed by atoms with Gasteiger partial charge in [0.05, 0.1) is 23.7 Å². The Morgan fingerprint density at radius 1 is 1.29 bits per heavy atom. The van der Waals surface area contributed by atoms with E-state index in [9.17, 15) is 14.0 Å². The molecule has 2 aromatic carbocycles. The predicted molar refractivity (Wildman–Crippen MR) is 122 cm³/mol. The minimum absolute atomic E-state index is 0.113. The molecule has 0 aliphatic heterocycles. The largest absolute Gasteiger partial charge is 0.492 e. The number of nitrogens with zero attached hydrogens (tertiary/aromatic N) is 2. The van der Waals surface area contributed by atoms with Gasteiger partial charge in [-0.05, 0) is 43.3 Å². The third-order valence-corrected chi connectivity index (χ3v) is 5.09. The summed E-state index contributed by atoms with van der Waals surface area (Å²) in [5.41, 5.74) is 1.01. The van der Waals surface area contributed by atoms with Gasteiger partial charge in [0.2, 0.25) is 11.8 Å². The molecule has 0 unspecified atom stereocenters. The number of hydrogen-bond donors (Lipinski definition) is 1. The molecule has 0 spiro atoms. The molecule has 160 valence electrons. The Morgan fingerprint density at radius 2 is 2.06 bits per heavy atom. The standard InChI is InChI=1S/C22H19ClFN3O3S/c1-3-30-20-10-8-15(23)12-18(20)26-21(29)11-9-16-13-31-22(25-16)27(14(2)28)19-7-5-4-6-17(19)24/h4-13H,3H2,1-2H3,(H,26,29). The molecular formula is C22H19ClFN3O3S. The molecule has 0 saturated heterocycles. The van der Waals surface area contributed by atoms with E-state index in [1.54, 1.807) is 35.7 Å². The average molecular weight is 460 g/mol. The Labute approximate surface area is 187 Å². The minimum atomic E-state index is -0.531. The molecule has 9 heteroatoms. The summed E-state index contributed by atoms with van der Waals surface area (Å²) in [7, 11) is 0. The van der Waals surface area contributed by atoms with Crippen molar-refractivity contribution in [2.75, 3.05) is 16.8 Å². The lowest BCUT2D eigenvalue weighted by Gasteiger charge is -2.18. The zero-order chi connectivity index (χ0) is 22.4. The van der Waals surface area contributed by atoms with Gasteiger partial charge < -0.3 is 10.1 Å². The van der Waals surface area contributed by atoms with E-state index in [0.717, 1.165) is 11.3 Å². The van der Waals surface area contributed by atoms with Gasteiger partial charge in [0.1, 0.15) is 11.6 Å². The van der Waals surface area contributed by atoms with Crippen molar-refractivity contribution in [1.82, 2.24) is 4.98 Å². The second kappa shape index (κ2) is 10.2. The van der Waals surface area contributed by atoms with Crippen LogP contribution in [-0.4, -0.2) is 23.4 Å². The third-order valence-electron chi connectivity index (χ3n) is 4.01. The Bertz CT molecular complexity index is 1130. The van der Waals surface area contributed by atoms with Gasteiger partial charge in [0, 0.05) is 23.4 Å². The van der Waals surface area contributed by atoms with E-state index in [1.807, 2.05) is 6.92 Å².